The molecule has 0 aliphatic carbocycles. The van der Waals surface area contributed by atoms with Crippen LogP contribution in [0.5, 0.6) is 5.75 Å². The van der Waals surface area contributed by atoms with E-state index in [0.29, 0.717) is 16.6 Å². The number of rotatable bonds is 3. The maximum Gasteiger partial charge on any atom is 0.132 e. The molecule has 2 N–H and O–H groups in total. The van der Waals surface area contributed by atoms with Gasteiger partial charge in [-0.25, -0.2) is 0 Å². The van der Waals surface area contributed by atoms with Crippen LogP contribution in [0.25, 0.3) is 11.1 Å². The van der Waals surface area contributed by atoms with Crippen molar-refractivity contribution in [2.45, 2.75) is 18.9 Å². The Morgan fingerprint density at radius 3 is 2.65 bits per heavy atom. The van der Waals surface area contributed by atoms with E-state index in [1.165, 1.54) is 5.56 Å². The van der Waals surface area contributed by atoms with E-state index in [2.05, 4.69) is 0 Å². The van der Waals surface area contributed by atoms with Gasteiger partial charge in [0.15, 0.2) is 0 Å². The lowest BCUT2D eigenvalue weighted by atomic mass is 10.00. The van der Waals surface area contributed by atoms with Gasteiger partial charge in [0, 0.05) is 22.6 Å². The fraction of sp³-hybridized carbons (Fsp3) is 0.250. The fourth-order valence-electron chi connectivity index (χ4n) is 2.61. The van der Waals surface area contributed by atoms with Gasteiger partial charge < -0.3 is 10.5 Å². The number of nitrogens with two attached hydrogens (primary N) is 1. The first kappa shape index (κ1) is 13.7. The number of ether oxygens (including phenoxy) is 1. The van der Waals surface area contributed by atoms with Gasteiger partial charge in [0.05, 0.1) is 5.02 Å². The number of fused-ring (bicyclic) bond motifs is 1. The van der Waals surface area contributed by atoms with Crippen molar-refractivity contribution in [2.24, 2.45) is 5.73 Å². The molecule has 4 heteroatoms. The monoisotopic (exact) mass is 307 g/mol. The van der Waals surface area contributed by atoms with Crippen LogP contribution >= 0.6 is 23.2 Å². The molecule has 2 nitrogen and oxygen atoms in total. The summed E-state index contributed by atoms with van der Waals surface area (Å²) < 4.78 is 6.05. The van der Waals surface area contributed by atoms with Crippen LogP contribution in [0.3, 0.4) is 0 Å². The first-order chi connectivity index (χ1) is 9.70. The van der Waals surface area contributed by atoms with Crippen LogP contribution in [-0.2, 0) is 6.42 Å². The molecule has 2 aromatic carbocycles. The molecular formula is C16H15Cl2NO. The van der Waals surface area contributed by atoms with Crippen molar-refractivity contribution in [1.82, 2.24) is 0 Å². The average molecular weight is 308 g/mol. The molecule has 104 valence electrons. The molecule has 0 bridgehead atoms. The van der Waals surface area contributed by atoms with E-state index in [4.69, 9.17) is 33.7 Å². The molecular weight excluding hydrogens is 293 g/mol. The third-order valence-corrected chi connectivity index (χ3v) is 4.20. The topological polar surface area (TPSA) is 35.2 Å². The Hall–Kier alpha value is -1.22. The Bertz CT molecular complexity index is 642. The van der Waals surface area contributed by atoms with E-state index >= 15 is 0 Å². The van der Waals surface area contributed by atoms with Crippen LogP contribution in [0.15, 0.2) is 36.4 Å². The summed E-state index contributed by atoms with van der Waals surface area (Å²) in [4.78, 5) is 0. The standard InChI is InChI=1S/C16H15Cl2NO/c17-13-4-2-1-3-12(13)15-14(18)6-5-10-9-11(7-8-19)20-16(10)15/h1-6,11H,7-9,19H2/t11-/m0/s1. The maximum atomic E-state index is 6.38. The predicted molar refractivity (Wildman–Crippen MR) is 83.7 cm³/mol. The maximum absolute atomic E-state index is 6.38. The highest BCUT2D eigenvalue weighted by molar-refractivity contribution is 6.36. The quantitative estimate of drug-likeness (QED) is 0.917. The third-order valence-electron chi connectivity index (χ3n) is 3.55. The van der Waals surface area contributed by atoms with Crippen molar-refractivity contribution >= 4 is 23.2 Å². The normalized spacial score (nSPS) is 16.9. The van der Waals surface area contributed by atoms with Gasteiger partial charge in [0.1, 0.15) is 11.9 Å². The fourth-order valence-corrected chi connectivity index (χ4v) is 3.09. The Balaban J connectivity index is 2.10. The molecule has 1 aliphatic rings. The van der Waals surface area contributed by atoms with Gasteiger partial charge in [-0.1, -0.05) is 47.5 Å². The average Bonchev–Trinajstić information content (AvgIpc) is 2.83. The smallest absolute Gasteiger partial charge is 0.132 e. The molecule has 1 heterocycles. The van der Waals surface area contributed by atoms with Crippen molar-refractivity contribution in [3.63, 3.8) is 0 Å². The Morgan fingerprint density at radius 2 is 1.90 bits per heavy atom. The Labute approximate surface area is 128 Å². The van der Waals surface area contributed by atoms with Gasteiger partial charge in [-0.2, -0.15) is 0 Å². The minimum absolute atomic E-state index is 0.134. The minimum atomic E-state index is 0.134. The molecule has 0 saturated heterocycles. The Kier molecular flexibility index (Phi) is 3.88. The second-order valence-electron chi connectivity index (χ2n) is 4.91. The SMILES string of the molecule is NCC[C@H]1Cc2ccc(Cl)c(-c3ccccc3Cl)c2O1. The highest BCUT2D eigenvalue weighted by atomic mass is 35.5. The van der Waals surface area contributed by atoms with Crippen molar-refractivity contribution in [1.29, 1.82) is 0 Å². The van der Waals surface area contributed by atoms with E-state index in [0.717, 1.165) is 29.7 Å². The van der Waals surface area contributed by atoms with E-state index < -0.39 is 0 Å². The lowest BCUT2D eigenvalue weighted by molar-refractivity contribution is 0.225. The summed E-state index contributed by atoms with van der Waals surface area (Å²) in [5, 5.41) is 1.33. The highest BCUT2D eigenvalue weighted by Crippen LogP contribution is 2.45. The lowest BCUT2D eigenvalue weighted by Gasteiger charge is -2.14. The van der Waals surface area contributed by atoms with Crippen molar-refractivity contribution in [2.75, 3.05) is 6.54 Å². The largest absolute Gasteiger partial charge is 0.489 e. The van der Waals surface area contributed by atoms with Crippen LogP contribution in [0.4, 0.5) is 0 Å². The second-order valence-corrected chi connectivity index (χ2v) is 5.73. The molecule has 20 heavy (non-hydrogen) atoms. The lowest BCUT2D eigenvalue weighted by Crippen LogP contribution is -2.17. The number of hydrogen-bond acceptors (Lipinski definition) is 2. The number of benzene rings is 2. The Morgan fingerprint density at radius 1 is 1.10 bits per heavy atom. The van der Waals surface area contributed by atoms with Gasteiger partial charge in [-0.3, -0.25) is 0 Å². The van der Waals surface area contributed by atoms with E-state index in [1.807, 2.05) is 36.4 Å². The van der Waals surface area contributed by atoms with Crippen molar-refractivity contribution < 1.29 is 4.74 Å². The van der Waals surface area contributed by atoms with Crippen LogP contribution in [0, 0.1) is 0 Å². The first-order valence-corrected chi connectivity index (χ1v) is 7.39. The van der Waals surface area contributed by atoms with Crippen LogP contribution in [0.2, 0.25) is 10.0 Å². The van der Waals surface area contributed by atoms with Crippen molar-refractivity contribution in [3.05, 3.63) is 52.0 Å². The zero-order valence-electron chi connectivity index (χ0n) is 10.9. The highest BCUT2D eigenvalue weighted by Gasteiger charge is 2.27. The zero-order chi connectivity index (χ0) is 14.1. The van der Waals surface area contributed by atoms with Crippen LogP contribution in [0.1, 0.15) is 12.0 Å². The van der Waals surface area contributed by atoms with Crippen LogP contribution in [-0.4, -0.2) is 12.6 Å². The third kappa shape index (κ3) is 2.39. The molecule has 0 unspecified atom stereocenters. The zero-order valence-corrected chi connectivity index (χ0v) is 12.4. The summed E-state index contributed by atoms with van der Waals surface area (Å²) in [6, 6.07) is 11.6. The number of halogens is 2. The summed E-state index contributed by atoms with van der Waals surface area (Å²) in [6.45, 7) is 0.619. The van der Waals surface area contributed by atoms with Gasteiger partial charge in [-0.05, 0) is 30.7 Å². The molecule has 0 aromatic heterocycles. The van der Waals surface area contributed by atoms with Gasteiger partial charge in [0.2, 0.25) is 0 Å². The second kappa shape index (κ2) is 5.65. The minimum Gasteiger partial charge on any atom is -0.489 e. The van der Waals surface area contributed by atoms with Gasteiger partial charge >= 0.3 is 0 Å². The summed E-state index contributed by atoms with van der Waals surface area (Å²) in [7, 11) is 0. The molecule has 0 amide bonds. The summed E-state index contributed by atoms with van der Waals surface area (Å²) in [5.74, 6) is 0.851. The molecule has 0 radical (unpaired) electrons. The van der Waals surface area contributed by atoms with E-state index in [9.17, 15) is 0 Å². The van der Waals surface area contributed by atoms with Gasteiger partial charge in [-0.15, -0.1) is 0 Å². The van der Waals surface area contributed by atoms with Crippen molar-refractivity contribution in [3.8, 4) is 16.9 Å². The molecule has 0 saturated carbocycles. The number of hydrogen-bond donors (Lipinski definition) is 1. The molecule has 2 aromatic rings. The molecule has 1 atom stereocenters. The molecule has 1 aliphatic heterocycles. The van der Waals surface area contributed by atoms with E-state index in [1.54, 1.807) is 0 Å². The molecule has 0 fully saturated rings. The molecule has 0 spiro atoms. The summed E-state index contributed by atoms with van der Waals surface area (Å²) in [6.07, 6.45) is 1.85. The van der Waals surface area contributed by atoms with Gasteiger partial charge in [0.25, 0.3) is 0 Å². The molecule has 3 rings (SSSR count). The van der Waals surface area contributed by atoms with E-state index in [-0.39, 0.29) is 6.10 Å². The predicted octanol–water partition coefficient (Wildman–Crippen LogP) is 4.31. The first-order valence-electron chi connectivity index (χ1n) is 6.63. The van der Waals surface area contributed by atoms with Crippen LogP contribution < -0.4 is 10.5 Å². The summed E-state index contributed by atoms with van der Waals surface area (Å²) in [5.41, 5.74) is 8.58. The summed E-state index contributed by atoms with van der Waals surface area (Å²) >= 11 is 12.7.